The number of carbonyl (C=O) groups is 1. The Labute approximate surface area is 151 Å². The van der Waals surface area contributed by atoms with Gasteiger partial charge in [-0.25, -0.2) is 4.98 Å². The van der Waals surface area contributed by atoms with Gasteiger partial charge in [0.05, 0.1) is 10.6 Å². The van der Waals surface area contributed by atoms with E-state index in [0.29, 0.717) is 41.4 Å². The molecule has 1 aromatic carbocycles. The first-order valence-corrected chi connectivity index (χ1v) is 9.43. The Bertz CT molecular complexity index is 879. The quantitative estimate of drug-likeness (QED) is 0.667. The maximum Gasteiger partial charge on any atom is 0.234 e. The molecule has 4 rings (SSSR count). The second kappa shape index (κ2) is 7.16. The molecule has 1 aliphatic heterocycles. The summed E-state index contributed by atoms with van der Waals surface area (Å²) in [5, 5.41) is 12.4. The highest BCUT2D eigenvalue weighted by Crippen LogP contribution is 2.32. The number of carbonyl (C=O) groups excluding carboxylic acids is 1. The lowest BCUT2D eigenvalue weighted by Crippen LogP contribution is -2.17. The molecule has 1 amide bonds. The lowest BCUT2D eigenvalue weighted by atomic mass is 10.2. The first kappa shape index (κ1) is 16.0. The molecular weight excluding hydrogens is 360 g/mol. The van der Waals surface area contributed by atoms with Crippen molar-refractivity contribution in [3.63, 3.8) is 0 Å². The van der Waals surface area contributed by atoms with Crippen LogP contribution in [0.15, 0.2) is 40.9 Å². The van der Waals surface area contributed by atoms with Crippen LogP contribution < -0.4 is 14.8 Å². The summed E-state index contributed by atoms with van der Waals surface area (Å²) >= 11 is 2.86. The third-order valence-electron chi connectivity index (χ3n) is 3.38. The number of rotatable bonds is 5. The summed E-state index contributed by atoms with van der Waals surface area (Å²) in [4.78, 5) is 17.5. The largest absolute Gasteiger partial charge is 0.486 e. The molecule has 0 fully saturated rings. The summed E-state index contributed by atoms with van der Waals surface area (Å²) in [5.74, 6) is 2.14. The van der Waals surface area contributed by atoms with E-state index < -0.39 is 0 Å². The summed E-state index contributed by atoms with van der Waals surface area (Å²) in [6, 6.07) is 9.26. The van der Waals surface area contributed by atoms with Crippen molar-refractivity contribution >= 4 is 34.7 Å². The average Bonchev–Trinajstić information content (AvgIpc) is 3.31. The molecule has 0 unspecified atom stereocenters. The van der Waals surface area contributed by atoms with Crippen molar-refractivity contribution in [1.29, 1.82) is 0 Å². The topological polar surface area (TPSA) is 89.1 Å². The molecule has 0 saturated carbocycles. The SMILES string of the molecule is O=C(CSc1n[nH]c(-c2cccs2)n1)Nc1ccc2c(c1)OCCO2. The molecule has 7 nitrogen and oxygen atoms in total. The molecule has 0 radical (unpaired) electrons. The smallest absolute Gasteiger partial charge is 0.234 e. The van der Waals surface area contributed by atoms with Crippen LogP contribution in [-0.4, -0.2) is 40.1 Å². The second-order valence-electron chi connectivity index (χ2n) is 5.14. The summed E-state index contributed by atoms with van der Waals surface area (Å²) in [7, 11) is 0. The normalized spacial score (nSPS) is 12.8. The number of amides is 1. The minimum absolute atomic E-state index is 0.135. The van der Waals surface area contributed by atoms with Crippen LogP contribution in [0, 0.1) is 0 Å². The van der Waals surface area contributed by atoms with Gasteiger partial charge in [-0.3, -0.25) is 9.89 Å². The second-order valence-corrected chi connectivity index (χ2v) is 7.03. The van der Waals surface area contributed by atoms with Crippen LogP contribution in [0.1, 0.15) is 0 Å². The number of aromatic nitrogens is 3. The Kier molecular flexibility index (Phi) is 4.57. The van der Waals surface area contributed by atoms with Gasteiger partial charge >= 0.3 is 0 Å². The molecule has 0 atom stereocenters. The van der Waals surface area contributed by atoms with E-state index in [2.05, 4.69) is 20.5 Å². The van der Waals surface area contributed by atoms with Gasteiger partial charge in [0.1, 0.15) is 13.2 Å². The first-order valence-electron chi connectivity index (χ1n) is 7.56. The van der Waals surface area contributed by atoms with Crippen LogP contribution in [0.25, 0.3) is 10.7 Å². The Hall–Kier alpha value is -2.52. The van der Waals surface area contributed by atoms with Gasteiger partial charge in [-0.1, -0.05) is 17.8 Å². The number of H-pyrrole nitrogens is 1. The van der Waals surface area contributed by atoms with Gasteiger partial charge in [-0.15, -0.1) is 16.4 Å². The summed E-state index contributed by atoms with van der Waals surface area (Å²) in [6.07, 6.45) is 0. The molecule has 0 spiro atoms. The Balaban J connectivity index is 1.33. The molecule has 2 N–H and O–H groups in total. The van der Waals surface area contributed by atoms with E-state index in [1.54, 1.807) is 29.5 Å². The van der Waals surface area contributed by atoms with E-state index in [1.807, 2.05) is 17.5 Å². The zero-order chi connectivity index (χ0) is 17.1. The Morgan fingerprint density at radius 3 is 3.00 bits per heavy atom. The van der Waals surface area contributed by atoms with E-state index >= 15 is 0 Å². The van der Waals surface area contributed by atoms with Gasteiger partial charge in [0.2, 0.25) is 11.1 Å². The van der Waals surface area contributed by atoms with Crippen molar-refractivity contribution in [2.24, 2.45) is 0 Å². The van der Waals surface area contributed by atoms with Crippen LogP contribution in [0.2, 0.25) is 0 Å². The van der Waals surface area contributed by atoms with Gasteiger partial charge in [0.25, 0.3) is 0 Å². The maximum atomic E-state index is 12.1. The first-order chi connectivity index (χ1) is 12.3. The van der Waals surface area contributed by atoms with Crippen molar-refractivity contribution in [3.8, 4) is 22.2 Å². The molecule has 25 heavy (non-hydrogen) atoms. The van der Waals surface area contributed by atoms with Gasteiger partial charge in [0, 0.05) is 11.8 Å². The molecule has 0 aliphatic carbocycles. The number of ether oxygens (including phenoxy) is 2. The monoisotopic (exact) mass is 374 g/mol. The summed E-state index contributed by atoms with van der Waals surface area (Å²) < 4.78 is 11.0. The number of nitrogens with zero attached hydrogens (tertiary/aromatic N) is 2. The van der Waals surface area contributed by atoms with Crippen LogP contribution in [0.4, 0.5) is 5.69 Å². The van der Waals surface area contributed by atoms with E-state index in [1.165, 1.54) is 11.8 Å². The molecule has 9 heteroatoms. The van der Waals surface area contributed by atoms with Crippen molar-refractivity contribution in [3.05, 3.63) is 35.7 Å². The minimum atomic E-state index is -0.135. The number of thiophene rings is 1. The van der Waals surface area contributed by atoms with Crippen molar-refractivity contribution in [1.82, 2.24) is 15.2 Å². The molecule has 128 valence electrons. The standard InChI is InChI=1S/C16H14N4O3S2/c21-14(17-10-3-4-11-12(8-10)23-6-5-22-11)9-25-16-18-15(19-20-16)13-2-1-7-24-13/h1-4,7-8H,5-6,9H2,(H,17,21)(H,18,19,20). The zero-order valence-electron chi connectivity index (χ0n) is 13.0. The van der Waals surface area contributed by atoms with E-state index in [-0.39, 0.29) is 11.7 Å². The zero-order valence-corrected chi connectivity index (χ0v) is 14.7. The van der Waals surface area contributed by atoms with Crippen LogP contribution in [-0.2, 0) is 4.79 Å². The van der Waals surface area contributed by atoms with Crippen LogP contribution in [0.5, 0.6) is 11.5 Å². The Morgan fingerprint density at radius 2 is 2.16 bits per heavy atom. The van der Waals surface area contributed by atoms with Gasteiger partial charge in [-0.05, 0) is 23.6 Å². The van der Waals surface area contributed by atoms with Crippen LogP contribution in [0.3, 0.4) is 0 Å². The minimum Gasteiger partial charge on any atom is -0.486 e. The number of hydrogen-bond donors (Lipinski definition) is 2. The van der Waals surface area contributed by atoms with E-state index in [9.17, 15) is 4.79 Å². The molecule has 2 aromatic heterocycles. The molecule has 1 aliphatic rings. The molecular formula is C16H14N4O3S2. The molecule has 0 saturated heterocycles. The van der Waals surface area contributed by atoms with Gasteiger partial charge < -0.3 is 14.8 Å². The maximum absolute atomic E-state index is 12.1. The number of fused-ring (bicyclic) bond motifs is 1. The van der Waals surface area contributed by atoms with Gasteiger partial charge in [-0.2, -0.15) is 0 Å². The van der Waals surface area contributed by atoms with E-state index in [0.717, 1.165) is 4.88 Å². The number of anilines is 1. The fourth-order valence-electron chi connectivity index (χ4n) is 2.28. The highest BCUT2D eigenvalue weighted by atomic mass is 32.2. The molecule has 3 aromatic rings. The summed E-state index contributed by atoms with van der Waals surface area (Å²) in [6.45, 7) is 1.05. The van der Waals surface area contributed by atoms with Crippen LogP contribution >= 0.6 is 23.1 Å². The lowest BCUT2D eigenvalue weighted by molar-refractivity contribution is -0.113. The third-order valence-corrected chi connectivity index (χ3v) is 5.10. The van der Waals surface area contributed by atoms with E-state index in [4.69, 9.17) is 9.47 Å². The molecule has 0 bridgehead atoms. The van der Waals surface area contributed by atoms with Gasteiger partial charge in [0.15, 0.2) is 17.3 Å². The fraction of sp³-hybridized carbons (Fsp3) is 0.188. The fourth-order valence-corrected chi connectivity index (χ4v) is 3.54. The highest BCUT2D eigenvalue weighted by Gasteiger charge is 2.14. The highest BCUT2D eigenvalue weighted by molar-refractivity contribution is 7.99. The average molecular weight is 374 g/mol. The summed E-state index contributed by atoms with van der Waals surface area (Å²) in [5.41, 5.74) is 0.670. The predicted molar refractivity (Wildman–Crippen MR) is 96.5 cm³/mol. The number of thioether (sulfide) groups is 1. The number of aromatic amines is 1. The third kappa shape index (κ3) is 3.77. The number of hydrogen-bond acceptors (Lipinski definition) is 7. The molecule has 3 heterocycles. The Morgan fingerprint density at radius 1 is 1.28 bits per heavy atom. The number of benzene rings is 1. The lowest BCUT2D eigenvalue weighted by Gasteiger charge is -2.18. The van der Waals surface area contributed by atoms with Crippen molar-refractivity contribution < 1.29 is 14.3 Å². The van der Waals surface area contributed by atoms with Crippen molar-refractivity contribution in [2.75, 3.05) is 24.3 Å². The predicted octanol–water partition coefficient (Wildman–Crippen LogP) is 3.04. The van der Waals surface area contributed by atoms with Crippen molar-refractivity contribution in [2.45, 2.75) is 5.16 Å². The number of nitrogens with one attached hydrogen (secondary N) is 2.